The molecule has 110 valence electrons. The van der Waals surface area contributed by atoms with E-state index < -0.39 is 0 Å². The average Bonchev–Trinajstić information content (AvgIpc) is 2.91. The van der Waals surface area contributed by atoms with Crippen LogP contribution in [0, 0.1) is 16.7 Å². The Labute approximate surface area is 119 Å². The average molecular weight is 266 g/mol. The van der Waals surface area contributed by atoms with Crippen molar-refractivity contribution in [2.45, 2.75) is 59.0 Å². The van der Waals surface area contributed by atoms with Crippen molar-refractivity contribution in [3.63, 3.8) is 0 Å². The molecule has 2 nitrogen and oxygen atoms in total. The van der Waals surface area contributed by atoms with Gasteiger partial charge in [0.25, 0.3) is 0 Å². The van der Waals surface area contributed by atoms with Gasteiger partial charge in [-0.1, -0.05) is 20.8 Å². The second-order valence-corrected chi connectivity index (χ2v) is 8.47. The van der Waals surface area contributed by atoms with Gasteiger partial charge in [-0.3, -0.25) is 0 Å². The van der Waals surface area contributed by atoms with Crippen molar-refractivity contribution < 1.29 is 9.22 Å². The van der Waals surface area contributed by atoms with Crippen LogP contribution in [0.3, 0.4) is 0 Å². The molecular weight excluding hydrogens is 234 g/mol. The Balaban J connectivity index is 1.55. The summed E-state index contributed by atoms with van der Waals surface area (Å²) in [6.07, 6.45) is 7.46. The van der Waals surface area contributed by atoms with Gasteiger partial charge in [0, 0.05) is 12.8 Å². The van der Waals surface area contributed by atoms with Crippen molar-refractivity contribution in [3.05, 3.63) is 0 Å². The molecule has 2 heteroatoms. The van der Waals surface area contributed by atoms with E-state index in [-0.39, 0.29) is 0 Å². The number of quaternary nitrogens is 1. The van der Waals surface area contributed by atoms with Crippen molar-refractivity contribution in [2.75, 3.05) is 33.3 Å². The van der Waals surface area contributed by atoms with Crippen LogP contribution >= 0.6 is 0 Å². The second kappa shape index (κ2) is 4.46. The van der Waals surface area contributed by atoms with E-state index in [0.29, 0.717) is 16.9 Å². The van der Waals surface area contributed by atoms with Gasteiger partial charge in [0.05, 0.1) is 32.8 Å². The molecule has 0 aromatic heterocycles. The molecule has 19 heavy (non-hydrogen) atoms. The van der Waals surface area contributed by atoms with Crippen LogP contribution < -0.4 is 0 Å². The van der Waals surface area contributed by atoms with Crippen molar-refractivity contribution in [3.8, 4) is 0 Å². The fourth-order valence-corrected chi connectivity index (χ4v) is 5.12. The maximum Gasteiger partial charge on any atom is 0.102 e. The van der Waals surface area contributed by atoms with Crippen LogP contribution in [-0.2, 0) is 4.74 Å². The van der Waals surface area contributed by atoms with Crippen molar-refractivity contribution in [1.82, 2.24) is 0 Å². The largest absolute Gasteiger partial charge is 0.372 e. The molecule has 0 aromatic rings. The highest BCUT2D eigenvalue weighted by molar-refractivity contribution is 5.11. The Morgan fingerprint density at radius 2 is 1.84 bits per heavy atom. The quantitative estimate of drug-likeness (QED) is 0.708. The number of ether oxygens (including phenoxy) is 1. The first-order valence-electron chi connectivity index (χ1n) is 8.33. The Bertz CT molecular complexity index is 345. The number of likely N-dealkylation sites (N-methyl/N-ethyl adjacent to an activating group) is 1. The molecule has 0 spiro atoms. The summed E-state index contributed by atoms with van der Waals surface area (Å²) in [4.78, 5) is 0. The topological polar surface area (TPSA) is 9.23 Å². The van der Waals surface area contributed by atoms with Gasteiger partial charge in [0.15, 0.2) is 0 Å². The van der Waals surface area contributed by atoms with Gasteiger partial charge in [0.2, 0.25) is 0 Å². The zero-order valence-corrected chi connectivity index (χ0v) is 13.4. The first-order chi connectivity index (χ1) is 8.87. The van der Waals surface area contributed by atoms with Crippen LogP contribution in [0.15, 0.2) is 0 Å². The van der Waals surface area contributed by atoms with E-state index in [2.05, 4.69) is 27.8 Å². The number of hydrogen-bond donors (Lipinski definition) is 0. The highest BCUT2D eigenvalue weighted by Gasteiger charge is 2.61. The minimum absolute atomic E-state index is 0.432. The molecule has 3 atom stereocenters. The van der Waals surface area contributed by atoms with Gasteiger partial charge in [-0.05, 0) is 36.0 Å². The third-order valence-corrected chi connectivity index (χ3v) is 7.31. The lowest BCUT2D eigenvalue weighted by Gasteiger charge is -2.39. The lowest BCUT2D eigenvalue weighted by Crippen LogP contribution is -2.45. The number of nitrogens with zero attached hydrogens (tertiary/aromatic N) is 1. The van der Waals surface area contributed by atoms with E-state index >= 15 is 0 Å². The molecule has 2 aliphatic carbocycles. The molecule has 0 unspecified atom stereocenters. The van der Waals surface area contributed by atoms with Gasteiger partial charge < -0.3 is 9.22 Å². The molecule has 2 bridgehead atoms. The van der Waals surface area contributed by atoms with Gasteiger partial charge in [-0.15, -0.1) is 0 Å². The maximum atomic E-state index is 6.39. The van der Waals surface area contributed by atoms with Crippen molar-refractivity contribution in [1.29, 1.82) is 0 Å². The molecular formula is C17H32NO+. The maximum absolute atomic E-state index is 6.39. The molecule has 3 fully saturated rings. The summed E-state index contributed by atoms with van der Waals surface area (Å²) in [5.74, 6) is 0.902. The van der Waals surface area contributed by atoms with Gasteiger partial charge in [-0.2, -0.15) is 0 Å². The fraction of sp³-hybridized carbons (Fsp3) is 1.00. The molecule has 0 amide bonds. The van der Waals surface area contributed by atoms with Crippen LogP contribution in [-0.4, -0.2) is 43.9 Å². The normalized spacial score (nSPS) is 42.9. The molecule has 1 heterocycles. The van der Waals surface area contributed by atoms with Gasteiger partial charge in [0.1, 0.15) is 6.54 Å². The number of fused-ring (bicyclic) bond motifs is 2. The number of rotatable bonds is 4. The monoisotopic (exact) mass is 266 g/mol. The molecule has 0 radical (unpaired) electrons. The SMILES string of the molecule is CC1(C)[C@@H]2CC[C@]1(C)[C@H](OCC[N+]1(C)CCCC1)C2. The molecule has 2 saturated carbocycles. The number of hydrogen-bond acceptors (Lipinski definition) is 1. The lowest BCUT2D eigenvalue weighted by molar-refractivity contribution is -0.898. The predicted molar refractivity (Wildman–Crippen MR) is 79.0 cm³/mol. The van der Waals surface area contributed by atoms with Gasteiger partial charge in [-0.25, -0.2) is 0 Å². The molecule has 0 N–H and O–H groups in total. The van der Waals surface area contributed by atoms with E-state index in [0.717, 1.165) is 12.5 Å². The highest BCUT2D eigenvalue weighted by Crippen LogP contribution is 2.66. The third-order valence-electron chi connectivity index (χ3n) is 7.31. The van der Waals surface area contributed by atoms with Crippen molar-refractivity contribution >= 4 is 0 Å². The summed E-state index contributed by atoms with van der Waals surface area (Å²) in [5, 5.41) is 0. The Morgan fingerprint density at radius 1 is 1.16 bits per heavy atom. The Hall–Kier alpha value is -0.0800. The zero-order chi connectivity index (χ0) is 13.7. The summed E-state index contributed by atoms with van der Waals surface area (Å²) in [7, 11) is 2.41. The first kappa shape index (κ1) is 13.9. The van der Waals surface area contributed by atoms with E-state index in [1.54, 1.807) is 0 Å². The molecule has 1 saturated heterocycles. The van der Waals surface area contributed by atoms with E-state index in [1.807, 2.05) is 0 Å². The molecule has 0 aromatic carbocycles. The summed E-state index contributed by atoms with van der Waals surface area (Å²) in [6, 6.07) is 0. The summed E-state index contributed by atoms with van der Waals surface area (Å²) < 4.78 is 7.63. The van der Waals surface area contributed by atoms with Crippen LogP contribution in [0.4, 0.5) is 0 Å². The number of likely N-dealkylation sites (tertiary alicyclic amines) is 1. The zero-order valence-electron chi connectivity index (χ0n) is 13.4. The summed E-state index contributed by atoms with van der Waals surface area (Å²) >= 11 is 0. The summed E-state index contributed by atoms with van der Waals surface area (Å²) in [5.41, 5.74) is 0.922. The Morgan fingerprint density at radius 3 is 2.37 bits per heavy atom. The van der Waals surface area contributed by atoms with Crippen LogP contribution in [0.1, 0.15) is 52.9 Å². The first-order valence-corrected chi connectivity index (χ1v) is 8.33. The third kappa shape index (κ3) is 2.06. The van der Waals surface area contributed by atoms with Crippen LogP contribution in [0.5, 0.6) is 0 Å². The van der Waals surface area contributed by atoms with Crippen LogP contribution in [0.2, 0.25) is 0 Å². The van der Waals surface area contributed by atoms with E-state index in [9.17, 15) is 0 Å². The second-order valence-electron chi connectivity index (χ2n) is 8.47. The highest BCUT2D eigenvalue weighted by atomic mass is 16.5. The van der Waals surface area contributed by atoms with Gasteiger partial charge >= 0.3 is 0 Å². The fourth-order valence-electron chi connectivity index (χ4n) is 5.12. The lowest BCUT2D eigenvalue weighted by atomic mass is 9.70. The predicted octanol–water partition coefficient (Wildman–Crippen LogP) is 3.46. The molecule has 3 rings (SSSR count). The van der Waals surface area contributed by atoms with Crippen LogP contribution in [0.25, 0.3) is 0 Å². The Kier molecular flexibility index (Phi) is 3.26. The smallest absolute Gasteiger partial charge is 0.102 e. The van der Waals surface area contributed by atoms with E-state index in [1.165, 1.54) is 56.2 Å². The van der Waals surface area contributed by atoms with Crippen molar-refractivity contribution in [2.24, 2.45) is 16.7 Å². The molecule has 3 aliphatic rings. The minimum atomic E-state index is 0.432. The summed E-state index contributed by atoms with van der Waals surface area (Å²) in [6.45, 7) is 12.3. The minimum Gasteiger partial charge on any atom is -0.372 e. The standard InChI is InChI=1S/C17H32NO/c1-16(2)14-7-8-17(16,3)15(13-14)19-12-11-18(4)9-5-6-10-18/h14-15H,5-13H2,1-4H3/q+1/t14-,15-,17-/m1/s1. The molecule has 1 aliphatic heterocycles. The van der Waals surface area contributed by atoms with E-state index in [4.69, 9.17) is 4.74 Å².